The first-order valence-corrected chi connectivity index (χ1v) is 5.66. The molecule has 0 saturated carbocycles. The summed E-state index contributed by atoms with van der Waals surface area (Å²) in [5.41, 5.74) is 5.31. The van der Waals surface area contributed by atoms with Crippen LogP contribution in [0.2, 0.25) is 0 Å². The Morgan fingerprint density at radius 2 is 1.87 bits per heavy atom. The highest BCUT2D eigenvalue weighted by molar-refractivity contribution is 4.78. The zero-order chi connectivity index (χ0) is 12.1. The van der Waals surface area contributed by atoms with E-state index in [0.29, 0.717) is 13.0 Å². The van der Waals surface area contributed by atoms with E-state index in [9.17, 15) is 5.11 Å². The minimum absolute atomic E-state index is 0.105. The van der Waals surface area contributed by atoms with Gasteiger partial charge in [0.15, 0.2) is 0 Å². The summed E-state index contributed by atoms with van der Waals surface area (Å²) in [5, 5.41) is 21.7. The molecule has 0 bridgehead atoms. The second-order valence-corrected chi connectivity index (χ2v) is 4.89. The molecule has 0 rings (SSSR count). The van der Waals surface area contributed by atoms with Crippen LogP contribution in [-0.2, 0) is 0 Å². The van der Waals surface area contributed by atoms with Gasteiger partial charge >= 0.3 is 0 Å². The summed E-state index contributed by atoms with van der Waals surface area (Å²) in [6.45, 7) is 8.95. The van der Waals surface area contributed by atoms with E-state index in [1.54, 1.807) is 0 Å². The molecule has 4 heteroatoms. The van der Waals surface area contributed by atoms with E-state index < -0.39 is 12.5 Å². The van der Waals surface area contributed by atoms with Crippen LogP contribution in [0.3, 0.4) is 0 Å². The highest BCUT2D eigenvalue weighted by Gasteiger charge is 2.29. The molecule has 2 unspecified atom stereocenters. The second-order valence-electron chi connectivity index (χ2n) is 4.89. The third-order valence-electron chi connectivity index (χ3n) is 3.41. The van der Waals surface area contributed by atoms with Crippen LogP contribution in [0.5, 0.6) is 0 Å². The van der Waals surface area contributed by atoms with Crippen molar-refractivity contribution in [3.63, 3.8) is 0 Å². The average Bonchev–Trinajstić information content (AvgIpc) is 2.15. The van der Waals surface area contributed by atoms with Crippen LogP contribution in [0.15, 0.2) is 0 Å². The number of aliphatic hydroxyl groups excluding tert-OH is 2. The monoisotopic (exact) mass is 218 g/mol. The van der Waals surface area contributed by atoms with Gasteiger partial charge in [0, 0.05) is 12.5 Å². The lowest BCUT2D eigenvalue weighted by Gasteiger charge is -2.34. The zero-order valence-corrected chi connectivity index (χ0v) is 10.3. The van der Waals surface area contributed by atoms with E-state index in [0.717, 1.165) is 6.42 Å². The molecule has 0 aromatic heterocycles. The van der Waals surface area contributed by atoms with E-state index in [1.807, 2.05) is 6.92 Å². The third-order valence-corrected chi connectivity index (χ3v) is 3.41. The van der Waals surface area contributed by atoms with Gasteiger partial charge in [-0.3, -0.25) is 5.32 Å². The summed E-state index contributed by atoms with van der Waals surface area (Å²) in [4.78, 5) is 0. The number of hydrogen-bond acceptors (Lipinski definition) is 4. The number of aliphatic hydroxyl groups is 2. The normalized spacial score (nSPS) is 18.6. The van der Waals surface area contributed by atoms with Gasteiger partial charge in [-0.25, -0.2) is 0 Å². The van der Waals surface area contributed by atoms with E-state index in [-0.39, 0.29) is 11.3 Å². The third kappa shape index (κ3) is 5.47. The summed E-state index contributed by atoms with van der Waals surface area (Å²) in [6, 6.07) is 0. The van der Waals surface area contributed by atoms with Gasteiger partial charge in [0.2, 0.25) is 0 Å². The number of nitrogens with one attached hydrogen (secondary N) is 1. The fourth-order valence-electron chi connectivity index (χ4n) is 1.31. The topological polar surface area (TPSA) is 78.5 Å². The number of rotatable bonds is 7. The van der Waals surface area contributed by atoms with E-state index >= 15 is 0 Å². The van der Waals surface area contributed by atoms with Crippen LogP contribution in [0.1, 0.15) is 40.5 Å². The van der Waals surface area contributed by atoms with Gasteiger partial charge < -0.3 is 15.9 Å². The van der Waals surface area contributed by atoms with Crippen LogP contribution < -0.4 is 11.1 Å². The molecule has 4 nitrogen and oxygen atoms in total. The van der Waals surface area contributed by atoms with Crippen LogP contribution >= 0.6 is 0 Å². The summed E-state index contributed by atoms with van der Waals surface area (Å²) in [7, 11) is 0. The Labute approximate surface area is 92.9 Å². The largest absolute Gasteiger partial charge is 0.379 e. The lowest BCUT2D eigenvalue weighted by Crippen LogP contribution is -2.42. The van der Waals surface area contributed by atoms with Crippen LogP contribution in [0, 0.1) is 11.3 Å². The van der Waals surface area contributed by atoms with E-state index in [1.165, 1.54) is 0 Å². The molecule has 0 heterocycles. The Bertz CT molecular complexity index is 172. The summed E-state index contributed by atoms with van der Waals surface area (Å²) in [6.07, 6.45) is 0.126. The molecule has 0 radical (unpaired) electrons. The highest BCUT2D eigenvalue weighted by atomic mass is 16.3. The van der Waals surface area contributed by atoms with Crippen molar-refractivity contribution in [2.45, 2.75) is 53.0 Å². The van der Waals surface area contributed by atoms with Crippen molar-refractivity contribution in [3.05, 3.63) is 0 Å². The summed E-state index contributed by atoms with van der Waals surface area (Å²) in [5.74, 6) is 0.164. The second kappa shape index (κ2) is 6.43. The van der Waals surface area contributed by atoms with Gasteiger partial charge in [0.25, 0.3) is 0 Å². The molecule has 0 spiro atoms. The van der Waals surface area contributed by atoms with Crippen molar-refractivity contribution in [1.82, 2.24) is 5.32 Å². The quantitative estimate of drug-likeness (QED) is 0.473. The fourth-order valence-corrected chi connectivity index (χ4v) is 1.31. The first kappa shape index (κ1) is 14.8. The molecule has 0 saturated heterocycles. The Morgan fingerprint density at radius 3 is 2.27 bits per heavy atom. The molecule has 0 amide bonds. The van der Waals surface area contributed by atoms with Crippen molar-refractivity contribution < 1.29 is 10.2 Å². The van der Waals surface area contributed by atoms with E-state index in [4.69, 9.17) is 10.8 Å². The van der Waals surface area contributed by atoms with Crippen molar-refractivity contribution in [1.29, 1.82) is 0 Å². The predicted molar refractivity (Wildman–Crippen MR) is 62.1 cm³/mol. The van der Waals surface area contributed by atoms with Gasteiger partial charge in [-0.2, -0.15) is 0 Å². The molecule has 0 aromatic rings. The van der Waals surface area contributed by atoms with Gasteiger partial charge in [-0.15, -0.1) is 0 Å². The standard InChI is InChI=1S/C11H26N2O2/c1-5-11(3,4)8(2)10(15)13-7-6-9(12)14/h8-10,13-15H,5-7,12H2,1-4H3/t8-,9?,10?/m0/s1. The SMILES string of the molecule is CCC(C)(C)[C@@H](C)C(O)NCCC(N)O. The molecule has 0 aromatic carbocycles. The summed E-state index contributed by atoms with van der Waals surface area (Å²) >= 11 is 0. The van der Waals surface area contributed by atoms with Gasteiger partial charge in [0.1, 0.15) is 12.5 Å². The average molecular weight is 218 g/mol. The molecule has 5 N–H and O–H groups in total. The van der Waals surface area contributed by atoms with Gasteiger partial charge in [-0.05, 0) is 11.8 Å². The Kier molecular flexibility index (Phi) is 6.36. The molecular formula is C11H26N2O2. The van der Waals surface area contributed by atoms with Crippen molar-refractivity contribution in [2.24, 2.45) is 17.1 Å². The number of hydrogen-bond donors (Lipinski definition) is 4. The van der Waals surface area contributed by atoms with Crippen molar-refractivity contribution >= 4 is 0 Å². The predicted octanol–water partition coefficient (Wildman–Crippen LogP) is 0.634. The number of nitrogens with two attached hydrogens (primary N) is 1. The maximum absolute atomic E-state index is 9.86. The van der Waals surface area contributed by atoms with Crippen molar-refractivity contribution in [3.8, 4) is 0 Å². The fraction of sp³-hybridized carbons (Fsp3) is 1.00. The van der Waals surface area contributed by atoms with Crippen LogP contribution in [0.25, 0.3) is 0 Å². The molecule has 0 aliphatic heterocycles. The van der Waals surface area contributed by atoms with Crippen molar-refractivity contribution in [2.75, 3.05) is 6.54 Å². The molecule has 0 aliphatic rings. The zero-order valence-electron chi connectivity index (χ0n) is 10.3. The Balaban J connectivity index is 3.94. The Morgan fingerprint density at radius 1 is 1.33 bits per heavy atom. The molecule has 3 atom stereocenters. The molecule has 0 aliphatic carbocycles. The first-order chi connectivity index (χ1) is 6.81. The lowest BCUT2D eigenvalue weighted by molar-refractivity contribution is 0.0168. The maximum atomic E-state index is 9.86. The molecule has 15 heavy (non-hydrogen) atoms. The van der Waals surface area contributed by atoms with Gasteiger partial charge in [0.05, 0.1) is 0 Å². The molecule has 92 valence electrons. The molecular weight excluding hydrogens is 192 g/mol. The summed E-state index contributed by atoms with van der Waals surface area (Å²) < 4.78 is 0. The highest BCUT2D eigenvalue weighted by Crippen LogP contribution is 2.31. The van der Waals surface area contributed by atoms with E-state index in [2.05, 4.69) is 26.1 Å². The lowest BCUT2D eigenvalue weighted by atomic mass is 9.77. The smallest absolute Gasteiger partial charge is 0.108 e. The minimum atomic E-state index is -0.806. The maximum Gasteiger partial charge on any atom is 0.108 e. The van der Waals surface area contributed by atoms with Crippen LogP contribution in [-0.4, -0.2) is 29.2 Å². The van der Waals surface area contributed by atoms with Gasteiger partial charge in [-0.1, -0.05) is 34.1 Å². The minimum Gasteiger partial charge on any atom is -0.379 e. The first-order valence-electron chi connectivity index (χ1n) is 5.66. The Hall–Kier alpha value is -0.160. The molecule has 0 fully saturated rings. The van der Waals surface area contributed by atoms with Crippen LogP contribution in [0.4, 0.5) is 0 Å².